The van der Waals surface area contributed by atoms with Gasteiger partial charge in [-0.2, -0.15) is 0 Å². The molecule has 172 valence electrons. The Morgan fingerprint density at radius 2 is 1.37 bits per heavy atom. The van der Waals surface area contributed by atoms with Crippen molar-refractivity contribution in [1.82, 2.24) is 9.80 Å². The Labute approximate surface area is 183 Å². The molecule has 1 heterocycles. The number of amides is 1. The van der Waals surface area contributed by atoms with Crippen LogP contribution < -0.4 is 5.73 Å². The maximum absolute atomic E-state index is 12.2. The van der Waals surface area contributed by atoms with Crippen LogP contribution in [0.5, 0.6) is 0 Å². The topological polar surface area (TPSA) is 83.7 Å². The van der Waals surface area contributed by atoms with Gasteiger partial charge in [-0.05, 0) is 41.5 Å². The predicted octanol–water partition coefficient (Wildman–Crippen LogP) is 3.18. The second-order valence-electron chi connectivity index (χ2n) is 9.15. The van der Waals surface area contributed by atoms with Gasteiger partial charge < -0.3 is 15.5 Å². The molecule has 0 aliphatic carbocycles. The van der Waals surface area contributed by atoms with Crippen LogP contribution in [0, 0.1) is 0 Å². The third-order valence-corrected chi connectivity index (χ3v) is 6.69. The predicted molar refractivity (Wildman–Crippen MR) is 125 cm³/mol. The van der Waals surface area contributed by atoms with Crippen molar-refractivity contribution in [3.63, 3.8) is 0 Å². The standard InChI is InChI=1S/C16H26O2S.C7H15N3O/c1-10(2)13-8-14(11(3)4)16(19(7,17)18)15(9-13)12(5)6;1-9-2-4-10(5-3-9)7(11)6-8/h8-12H,1-7H3;2-6,8H2,1H3. The third-order valence-electron chi connectivity index (χ3n) is 5.48. The highest BCUT2D eigenvalue weighted by atomic mass is 32.2. The van der Waals surface area contributed by atoms with Crippen molar-refractivity contribution in [2.75, 3.05) is 46.0 Å². The number of carbonyl (C=O) groups is 1. The van der Waals surface area contributed by atoms with Gasteiger partial charge >= 0.3 is 0 Å². The maximum atomic E-state index is 12.2. The lowest BCUT2D eigenvalue weighted by Gasteiger charge is -2.32. The summed E-state index contributed by atoms with van der Waals surface area (Å²) in [5.74, 6) is 0.892. The zero-order valence-corrected chi connectivity index (χ0v) is 20.8. The van der Waals surface area contributed by atoms with E-state index in [1.807, 2.05) is 4.90 Å². The number of benzene rings is 1. The molecule has 0 unspecified atom stereocenters. The molecule has 1 aliphatic rings. The smallest absolute Gasteiger partial charge is 0.236 e. The normalized spacial score (nSPS) is 15.5. The number of likely N-dealkylation sites (N-methyl/N-ethyl adjacent to an activating group) is 1. The van der Waals surface area contributed by atoms with E-state index < -0.39 is 9.84 Å². The summed E-state index contributed by atoms with van der Waals surface area (Å²) in [5.41, 5.74) is 8.37. The van der Waals surface area contributed by atoms with E-state index in [1.54, 1.807) is 0 Å². The fourth-order valence-corrected chi connectivity index (χ4v) is 4.95. The Morgan fingerprint density at radius 1 is 0.933 bits per heavy atom. The highest BCUT2D eigenvalue weighted by Crippen LogP contribution is 2.34. The van der Waals surface area contributed by atoms with Crippen LogP contribution in [0.25, 0.3) is 0 Å². The molecule has 1 aromatic rings. The molecule has 30 heavy (non-hydrogen) atoms. The number of hydrogen-bond donors (Lipinski definition) is 1. The Kier molecular flexibility index (Phi) is 9.98. The molecule has 0 bridgehead atoms. The zero-order valence-electron chi connectivity index (χ0n) is 20.0. The Hall–Kier alpha value is -1.44. The first-order valence-electron chi connectivity index (χ1n) is 10.8. The van der Waals surface area contributed by atoms with Crippen LogP contribution in [0.15, 0.2) is 17.0 Å². The van der Waals surface area contributed by atoms with Gasteiger partial charge in [-0.15, -0.1) is 0 Å². The largest absolute Gasteiger partial charge is 0.339 e. The van der Waals surface area contributed by atoms with Gasteiger partial charge in [0.25, 0.3) is 0 Å². The van der Waals surface area contributed by atoms with Gasteiger partial charge in [0.1, 0.15) is 0 Å². The van der Waals surface area contributed by atoms with E-state index in [1.165, 1.54) is 11.8 Å². The molecule has 0 spiro atoms. The quantitative estimate of drug-likeness (QED) is 0.762. The van der Waals surface area contributed by atoms with Crippen LogP contribution >= 0.6 is 0 Å². The zero-order chi connectivity index (χ0) is 23.2. The average Bonchev–Trinajstić information content (AvgIpc) is 2.66. The number of rotatable bonds is 5. The number of sulfone groups is 1. The van der Waals surface area contributed by atoms with E-state index in [2.05, 4.69) is 65.6 Å². The van der Waals surface area contributed by atoms with E-state index in [-0.39, 0.29) is 24.3 Å². The van der Waals surface area contributed by atoms with Crippen molar-refractivity contribution in [1.29, 1.82) is 0 Å². The fourth-order valence-electron chi connectivity index (χ4n) is 3.50. The van der Waals surface area contributed by atoms with E-state index in [9.17, 15) is 13.2 Å². The summed E-state index contributed by atoms with van der Waals surface area (Å²) in [6, 6.07) is 4.13. The lowest BCUT2D eigenvalue weighted by molar-refractivity contribution is -0.131. The number of hydrogen-bond acceptors (Lipinski definition) is 5. The molecule has 1 fully saturated rings. The lowest BCUT2D eigenvalue weighted by Crippen LogP contribution is -2.48. The first-order chi connectivity index (χ1) is 13.8. The minimum absolute atomic E-state index is 0.0677. The molecular weight excluding hydrogens is 398 g/mol. The van der Waals surface area contributed by atoms with E-state index in [0.717, 1.165) is 37.3 Å². The van der Waals surface area contributed by atoms with Crippen molar-refractivity contribution in [2.24, 2.45) is 5.73 Å². The molecule has 6 nitrogen and oxygen atoms in total. The fraction of sp³-hybridized carbons (Fsp3) is 0.696. The molecule has 7 heteroatoms. The summed E-state index contributed by atoms with van der Waals surface area (Å²) < 4.78 is 24.3. The molecule has 0 atom stereocenters. The summed E-state index contributed by atoms with van der Waals surface area (Å²) in [5, 5.41) is 0. The van der Waals surface area contributed by atoms with Crippen molar-refractivity contribution in [2.45, 2.75) is 64.2 Å². The van der Waals surface area contributed by atoms with Crippen LogP contribution in [0.1, 0.15) is 76.0 Å². The van der Waals surface area contributed by atoms with E-state index >= 15 is 0 Å². The van der Waals surface area contributed by atoms with Gasteiger partial charge in [-0.25, -0.2) is 8.42 Å². The Balaban J connectivity index is 0.000000346. The Bertz CT molecular complexity index is 780. The summed E-state index contributed by atoms with van der Waals surface area (Å²) in [7, 11) is -1.14. The van der Waals surface area contributed by atoms with Crippen LogP contribution in [-0.4, -0.2) is 70.2 Å². The highest BCUT2D eigenvalue weighted by Gasteiger charge is 2.23. The summed E-state index contributed by atoms with van der Waals surface area (Å²) in [6.07, 6.45) is 1.31. The van der Waals surface area contributed by atoms with Crippen LogP contribution in [0.4, 0.5) is 0 Å². The van der Waals surface area contributed by atoms with Crippen molar-refractivity contribution in [3.05, 3.63) is 28.8 Å². The van der Waals surface area contributed by atoms with E-state index in [0.29, 0.717) is 10.8 Å². The van der Waals surface area contributed by atoms with Gasteiger partial charge in [0.2, 0.25) is 5.91 Å². The number of nitrogens with zero attached hydrogens (tertiary/aromatic N) is 2. The molecule has 2 N–H and O–H groups in total. The molecule has 0 aromatic heterocycles. The first-order valence-corrected chi connectivity index (χ1v) is 12.7. The molecule has 0 saturated carbocycles. The average molecular weight is 440 g/mol. The van der Waals surface area contributed by atoms with Gasteiger partial charge in [0.05, 0.1) is 11.4 Å². The SMILES string of the molecule is CC(C)c1cc(C(C)C)c(S(C)(=O)=O)c(C(C)C)c1.CN1CCN(C(=O)CN)CC1. The van der Waals surface area contributed by atoms with Gasteiger partial charge in [0.15, 0.2) is 9.84 Å². The monoisotopic (exact) mass is 439 g/mol. The molecule has 1 aromatic carbocycles. The summed E-state index contributed by atoms with van der Waals surface area (Å²) in [6.45, 7) is 16.2. The number of piperazine rings is 1. The molecular formula is C23H41N3O3S. The van der Waals surface area contributed by atoms with E-state index in [4.69, 9.17) is 5.73 Å². The van der Waals surface area contributed by atoms with Crippen LogP contribution in [0.2, 0.25) is 0 Å². The minimum atomic E-state index is -3.20. The molecule has 1 aliphatic heterocycles. The first kappa shape index (κ1) is 26.6. The van der Waals surface area contributed by atoms with Crippen LogP contribution in [-0.2, 0) is 14.6 Å². The van der Waals surface area contributed by atoms with Gasteiger partial charge in [0, 0.05) is 32.4 Å². The summed E-state index contributed by atoms with van der Waals surface area (Å²) >= 11 is 0. The number of nitrogens with two attached hydrogens (primary N) is 1. The minimum Gasteiger partial charge on any atom is -0.339 e. The second kappa shape index (κ2) is 11.3. The van der Waals surface area contributed by atoms with Crippen molar-refractivity contribution in [3.8, 4) is 0 Å². The number of carbonyl (C=O) groups excluding carboxylic acids is 1. The van der Waals surface area contributed by atoms with Crippen molar-refractivity contribution >= 4 is 15.7 Å². The maximum Gasteiger partial charge on any atom is 0.236 e. The second-order valence-corrected chi connectivity index (χ2v) is 11.1. The van der Waals surface area contributed by atoms with Gasteiger partial charge in [-0.1, -0.05) is 53.7 Å². The van der Waals surface area contributed by atoms with Crippen LogP contribution in [0.3, 0.4) is 0 Å². The van der Waals surface area contributed by atoms with Crippen molar-refractivity contribution < 1.29 is 13.2 Å². The Morgan fingerprint density at radius 3 is 1.67 bits per heavy atom. The molecule has 2 rings (SSSR count). The highest BCUT2D eigenvalue weighted by molar-refractivity contribution is 7.90. The lowest BCUT2D eigenvalue weighted by atomic mass is 9.89. The van der Waals surface area contributed by atoms with Gasteiger partial charge in [-0.3, -0.25) is 4.79 Å². The molecule has 1 amide bonds. The summed E-state index contributed by atoms with van der Waals surface area (Å²) in [4.78, 5) is 15.6. The third kappa shape index (κ3) is 7.36. The molecule has 0 radical (unpaired) electrons. The molecule has 1 saturated heterocycles.